The molecule has 0 bridgehead atoms. The summed E-state index contributed by atoms with van der Waals surface area (Å²) in [6, 6.07) is 16.0. The lowest BCUT2D eigenvalue weighted by Crippen LogP contribution is -2.38. The van der Waals surface area contributed by atoms with E-state index in [0.29, 0.717) is 6.04 Å². The molecule has 1 nitrogen and oxygen atoms in total. The minimum absolute atomic E-state index is 0.589. The Kier molecular flexibility index (Phi) is 6.25. The highest BCUT2D eigenvalue weighted by atomic mass is 14.9. The van der Waals surface area contributed by atoms with Gasteiger partial charge in [0.25, 0.3) is 0 Å². The largest absolute Gasteiger partial charge is 0.313 e. The van der Waals surface area contributed by atoms with Crippen LogP contribution in [0.5, 0.6) is 0 Å². The van der Waals surface area contributed by atoms with E-state index in [1.54, 1.807) is 0 Å². The molecule has 2 rings (SSSR count). The maximum absolute atomic E-state index is 3.78. The molecule has 21 heavy (non-hydrogen) atoms. The molecule has 1 heteroatoms. The second kappa shape index (κ2) is 8.19. The first-order valence-corrected chi connectivity index (χ1v) is 8.50. The first-order chi connectivity index (χ1) is 10.3. The van der Waals surface area contributed by atoms with Crippen molar-refractivity contribution in [3.63, 3.8) is 0 Å². The van der Waals surface area contributed by atoms with Gasteiger partial charge in [-0.1, -0.05) is 76.1 Å². The highest BCUT2D eigenvalue weighted by Crippen LogP contribution is 2.23. The monoisotopic (exact) mass is 283 g/mol. The van der Waals surface area contributed by atoms with Gasteiger partial charge in [-0.25, -0.2) is 0 Å². The van der Waals surface area contributed by atoms with Crippen molar-refractivity contribution in [1.29, 1.82) is 0 Å². The molecule has 0 heterocycles. The molecule has 114 valence electrons. The van der Waals surface area contributed by atoms with Gasteiger partial charge < -0.3 is 5.32 Å². The van der Waals surface area contributed by atoms with Crippen LogP contribution in [-0.4, -0.2) is 12.6 Å². The van der Waals surface area contributed by atoms with Crippen molar-refractivity contribution in [2.45, 2.75) is 52.5 Å². The molecule has 0 aliphatic heterocycles. The van der Waals surface area contributed by atoms with Gasteiger partial charge in [0.15, 0.2) is 0 Å². The van der Waals surface area contributed by atoms with Crippen LogP contribution in [0.25, 0.3) is 10.8 Å². The van der Waals surface area contributed by atoms with Gasteiger partial charge in [-0.05, 0) is 41.6 Å². The Hall–Kier alpha value is -1.34. The predicted octanol–water partition coefficient (Wildman–Crippen LogP) is 5.19. The highest BCUT2D eigenvalue weighted by Gasteiger charge is 2.18. The van der Waals surface area contributed by atoms with Gasteiger partial charge in [-0.15, -0.1) is 0 Å². The molecular weight excluding hydrogens is 254 g/mol. The zero-order valence-corrected chi connectivity index (χ0v) is 13.7. The number of hydrogen-bond donors (Lipinski definition) is 1. The van der Waals surface area contributed by atoms with Gasteiger partial charge in [0, 0.05) is 6.04 Å². The minimum Gasteiger partial charge on any atom is -0.313 e. The zero-order chi connectivity index (χ0) is 15.1. The van der Waals surface area contributed by atoms with Crippen molar-refractivity contribution >= 4 is 10.8 Å². The molecule has 0 fully saturated rings. The number of hydrogen-bond acceptors (Lipinski definition) is 1. The molecule has 2 aromatic rings. The lowest BCUT2D eigenvalue weighted by atomic mass is 9.88. The Morgan fingerprint density at radius 2 is 1.62 bits per heavy atom. The summed E-state index contributed by atoms with van der Waals surface area (Å²) in [5.41, 5.74) is 1.48. The third-order valence-corrected chi connectivity index (χ3v) is 4.59. The Balaban J connectivity index is 2.25. The Bertz CT molecular complexity index is 537. The van der Waals surface area contributed by atoms with Crippen LogP contribution in [-0.2, 0) is 6.42 Å². The van der Waals surface area contributed by atoms with Gasteiger partial charge in [-0.3, -0.25) is 0 Å². The van der Waals surface area contributed by atoms with Crippen LogP contribution < -0.4 is 5.32 Å². The lowest BCUT2D eigenvalue weighted by molar-refractivity contribution is 0.332. The van der Waals surface area contributed by atoms with E-state index in [1.165, 1.54) is 35.6 Å². The topological polar surface area (TPSA) is 12.0 Å². The number of benzene rings is 2. The average Bonchev–Trinajstić information content (AvgIpc) is 2.53. The van der Waals surface area contributed by atoms with Gasteiger partial charge in [0.2, 0.25) is 0 Å². The molecule has 0 saturated carbocycles. The minimum atomic E-state index is 0.589. The van der Waals surface area contributed by atoms with Crippen molar-refractivity contribution in [2.75, 3.05) is 6.54 Å². The van der Waals surface area contributed by atoms with Crippen LogP contribution in [0.3, 0.4) is 0 Å². The van der Waals surface area contributed by atoms with E-state index in [9.17, 15) is 0 Å². The van der Waals surface area contributed by atoms with Gasteiger partial charge >= 0.3 is 0 Å². The van der Waals surface area contributed by atoms with Crippen molar-refractivity contribution in [3.05, 3.63) is 48.0 Å². The fourth-order valence-electron chi connectivity index (χ4n) is 3.30. The third-order valence-electron chi connectivity index (χ3n) is 4.59. The summed E-state index contributed by atoms with van der Waals surface area (Å²) >= 11 is 0. The highest BCUT2D eigenvalue weighted by molar-refractivity contribution is 5.85. The molecular formula is C20H29N. The van der Waals surface area contributed by atoms with Gasteiger partial charge in [0.05, 0.1) is 0 Å². The molecule has 0 aliphatic carbocycles. The molecule has 0 radical (unpaired) electrons. The molecule has 0 amide bonds. The third kappa shape index (κ3) is 4.07. The first kappa shape index (κ1) is 16.0. The van der Waals surface area contributed by atoms with Gasteiger partial charge in [-0.2, -0.15) is 0 Å². The number of rotatable bonds is 8. The normalized spacial score (nSPS) is 13.0. The van der Waals surface area contributed by atoms with Crippen LogP contribution in [0.15, 0.2) is 42.5 Å². The van der Waals surface area contributed by atoms with Crippen LogP contribution in [0, 0.1) is 5.92 Å². The van der Waals surface area contributed by atoms with Crippen molar-refractivity contribution in [1.82, 2.24) is 5.32 Å². The second-order valence-corrected chi connectivity index (χ2v) is 5.98. The van der Waals surface area contributed by atoms with Crippen molar-refractivity contribution < 1.29 is 0 Å². The quantitative estimate of drug-likeness (QED) is 0.703. The van der Waals surface area contributed by atoms with E-state index in [0.717, 1.165) is 18.9 Å². The lowest BCUT2D eigenvalue weighted by Gasteiger charge is -2.27. The van der Waals surface area contributed by atoms with Crippen LogP contribution in [0.4, 0.5) is 0 Å². The van der Waals surface area contributed by atoms with Crippen LogP contribution >= 0.6 is 0 Å². The molecule has 0 spiro atoms. The standard InChI is InChI=1S/C20H29N/c1-4-14-21-20(16(5-2)6-3)15-18-12-9-11-17-10-7-8-13-19(17)18/h7-13,16,20-21H,4-6,14-15H2,1-3H3. The zero-order valence-electron chi connectivity index (χ0n) is 13.7. The van der Waals surface area contributed by atoms with E-state index >= 15 is 0 Å². The van der Waals surface area contributed by atoms with Crippen molar-refractivity contribution in [3.8, 4) is 0 Å². The molecule has 0 aliphatic rings. The number of nitrogens with one attached hydrogen (secondary N) is 1. The maximum Gasteiger partial charge on any atom is 0.0136 e. The Labute approximate surface area is 129 Å². The smallest absolute Gasteiger partial charge is 0.0136 e. The summed E-state index contributed by atoms with van der Waals surface area (Å²) in [4.78, 5) is 0. The van der Waals surface area contributed by atoms with Crippen LogP contribution in [0.1, 0.15) is 45.6 Å². The average molecular weight is 283 g/mol. The van der Waals surface area contributed by atoms with E-state index < -0.39 is 0 Å². The summed E-state index contributed by atoms with van der Waals surface area (Å²) in [7, 11) is 0. The van der Waals surface area contributed by atoms with Crippen LogP contribution in [0.2, 0.25) is 0 Å². The number of fused-ring (bicyclic) bond motifs is 1. The molecule has 0 aromatic heterocycles. The van der Waals surface area contributed by atoms with Gasteiger partial charge in [0.1, 0.15) is 0 Å². The summed E-state index contributed by atoms with van der Waals surface area (Å²) < 4.78 is 0. The summed E-state index contributed by atoms with van der Waals surface area (Å²) in [6.07, 6.45) is 4.84. The molecule has 1 unspecified atom stereocenters. The fourth-order valence-corrected chi connectivity index (χ4v) is 3.30. The maximum atomic E-state index is 3.78. The SMILES string of the molecule is CCCNC(Cc1cccc2ccccc12)C(CC)CC. The first-order valence-electron chi connectivity index (χ1n) is 8.50. The second-order valence-electron chi connectivity index (χ2n) is 5.98. The molecule has 2 aromatic carbocycles. The molecule has 1 N–H and O–H groups in total. The van der Waals surface area contributed by atoms with E-state index in [-0.39, 0.29) is 0 Å². The predicted molar refractivity (Wildman–Crippen MR) is 93.8 cm³/mol. The van der Waals surface area contributed by atoms with E-state index in [4.69, 9.17) is 0 Å². The van der Waals surface area contributed by atoms with E-state index in [2.05, 4.69) is 68.6 Å². The summed E-state index contributed by atoms with van der Waals surface area (Å²) in [6.45, 7) is 8.00. The molecule has 0 saturated heterocycles. The summed E-state index contributed by atoms with van der Waals surface area (Å²) in [5, 5.41) is 6.55. The summed E-state index contributed by atoms with van der Waals surface area (Å²) in [5.74, 6) is 0.760. The Morgan fingerprint density at radius 1 is 0.905 bits per heavy atom. The molecule has 1 atom stereocenters. The Morgan fingerprint density at radius 3 is 2.33 bits per heavy atom. The van der Waals surface area contributed by atoms with E-state index in [1.807, 2.05) is 0 Å². The fraction of sp³-hybridized carbons (Fsp3) is 0.500. The van der Waals surface area contributed by atoms with Crippen molar-refractivity contribution in [2.24, 2.45) is 5.92 Å².